The quantitative estimate of drug-likeness (QED) is 0.556. The SMILES string of the molecule is Cc1cc(Nc2ccc3c(n2)CN(C(=O)C(=O)NCc2ccc(F)cc2F)CC3)n[nH]1. The third-order valence-corrected chi connectivity index (χ3v) is 4.96. The molecule has 0 radical (unpaired) electrons. The molecule has 0 fully saturated rings. The molecule has 0 unspecified atom stereocenters. The maximum Gasteiger partial charge on any atom is 0.312 e. The predicted molar refractivity (Wildman–Crippen MR) is 108 cm³/mol. The average Bonchev–Trinajstić information content (AvgIpc) is 3.16. The lowest BCUT2D eigenvalue weighted by atomic mass is 10.0. The van der Waals surface area contributed by atoms with Crippen LogP contribution in [0.3, 0.4) is 0 Å². The van der Waals surface area contributed by atoms with Gasteiger partial charge in [0.25, 0.3) is 0 Å². The smallest absolute Gasteiger partial charge is 0.312 e. The summed E-state index contributed by atoms with van der Waals surface area (Å²) < 4.78 is 26.7. The molecule has 3 N–H and O–H groups in total. The number of carbonyl (C=O) groups excluding carboxylic acids is 2. The van der Waals surface area contributed by atoms with Crippen molar-refractivity contribution in [1.82, 2.24) is 25.4 Å². The number of hydrogen-bond donors (Lipinski definition) is 3. The monoisotopic (exact) mass is 426 g/mol. The van der Waals surface area contributed by atoms with Crippen molar-refractivity contribution in [2.75, 3.05) is 11.9 Å². The summed E-state index contributed by atoms with van der Waals surface area (Å²) in [5.41, 5.74) is 2.69. The molecule has 0 bridgehead atoms. The largest absolute Gasteiger partial charge is 0.344 e. The summed E-state index contributed by atoms with van der Waals surface area (Å²) in [6, 6.07) is 8.66. The summed E-state index contributed by atoms with van der Waals surface area (Å²) in [6.45, 7) is 2.23. The first-order chi connectivity index (χ1) is 14.9. The normalized spacial score (nSPS) is 12.9. The van der Waals surface area contributed by atoms with E-state index in [2.05, 4.69) is 25.8 Å². The van der Waals surface area contributed by atoms with Crippen molar-refractivity contribution in [1.29, 1.82) is 0 Å². The molecule has 3 aromatic rings. The number of pyridine rings is 1. The molecule has 10 heteroatoms. The molecule has 2 amide bonds. The van der Waals surface area contributed by atoms with E-state index in [0.717, 1.165) is 23.4 Å². The van der Waals surface area contributed by atoms with Crippen molar-refractivity contribution >= 4 is 23.5 Å². The highest BCUT2D eigenvalue weighted by molar-refractivity contribution is 6.34. The van der Waals surface area contributed by atoms with Crippen LogP contribution in [0.2, 0.25) is 0 Å². The van der Waals surface area contributed by atoms with Gasteiger partial charge in [-0.25, -0.2) is 13.8 Å². The molecule has 0 atom stereocenters. The zero-order valence-corrected chi connectivity index (χ0v) is 16.7. The lowest BCUT2D eigenvalue weighted by Gasteiger charge is -2.27. The lowest BCUT2D eigenvalue weighted by Crippen LogP contribution is -2.45. The standard InChI is InChI=1S/C21H20F2N6O2/c1-12-8-19(28-27-12)26-18-5-3-13-6-7-29(11-17(13)25-18)21(31)20(30)24-10-14-2-4-15(22)9-16(14)23/h2-5,8-9H,6-7,10-11H2,1H3,(H,24,30)(H2,25,26,27,28). The van der Waals surface area contributed by atoms with Gasteiger partial charge in [-0.2, -0.15) is 5.10 Å². The van der Waals surface area contributed by atoms with Gasteiger partial charge in [-0.05, 0) is 31.0 Å². The van der Waals surface area contributed by atoms with Crippen molar-refractivity contribution in [2.24, 2.45) is 0 Å². The van der Waals surface area contributed by atoms with Crippen LogP contribution in [-0.4, -0.2) is 38.4 Å². The van der Waals surface area contributed by atoms with E-state index in [1.54, 1.807) is 0 Å². The molecule has 8 nitrogen and oxygen atoms in total. The number of fused-ring (bicyclic) bond motifs is 1. The van der Waals surface area contributed by atoms with Crippen molar-refractivity contribution < 1.29 is 18.4 Å². The Morgan fingerprint density at radius 1 is 1.16 bits per heavy atom. The number of aromatic amines is 1. The fourth-order valence-corrected chi connectivity index (χ4v) is 3.33. The predicted octanol–water partition coefficient (Wildman–Crippen LogP) is 2.34. The van der Waals surface area contributed by atoms with E-state index in [-0.39, 0.29) is 18.7 Å². The molecule has 160 valence electrons. The second kappa shape index (κ2) is 8.50. The number of amides is 2. The van der Waals surface area contributed by atoms with Crippen LogP contribution in [0.1, 0.15) is 22.5 Å². The van der Waals surface area contributed by atoms with E-state index in [9.17, 15) is 18.4 Å². The topological polar surface area (TPSA) is 103 Å². The molecule has 0 aliphatic carbocycles. The first kappa shape index (κ1) is 20.5. The van der Waals surface area contributed by atoms with Crippen LogP contribution in [0.4, 0.5) is 20.4 Å². The Hall–Kier alpha value is -3.82. The molecule has 1 aliphatic rings. The summed E-state index contributed by atoms with van der Waals surface area (Å²) in [4.78, 5) is 30.8. The van der Waals surface area contributed by atoms with Crippen LogP contribution in [0.15, 0.2) is 36.4 Å². The van der Waals surface area contributed by atoms with Gasteiger partial charge in [-0.15, -0.1) is 0 Å². The number of H-pyrrole nitrogens is 1. The highest BCUT2D eigenvalue weighted by Gasteiger charge is 2.26. The van der Waals surface area contributed by atoms with Crippen LogP contribution in [-0.2, 0) is 29.1 Å². The second-order valence-corrected chi connectivity index (χ2v) is 7.26. The van der Waals surface area contributed by atoms with E-state index in [1.807, 2.05) is 25.1 Å². The third-order valence-electron chi connectivity index (χ3n) is 4.96. The van der Waals surface area contributed by atoms with Crippen molar-refractivity contribution in [3.63, 3.8) is 0 Å². The second-order valence-electron chi connectivity index (χ2n) is 7.26. The Balaban J connectivity index is 1.39. The van der Waals surface area contributed by atoms with Crippen LogP contribution < -0.4 is 10.6 Å². The number of benzene rings is 1. The Morgan fingerprint density at radius 2 is 2.00 bits per heavy atom. The van der Waals surface area contributed by atoms with Gasteiger partial charge >= 0.3 is 11.8 Å². The highest BCUT2D eigenvalue weighted by Crippen LogP contribution is 2.21. The Kier molecular flexibility index (Phi) is 5.61. The molecule has 4 rings (SSSR count). The minimum atomic E-state index is -0.853. The number of halogens is 2. The van der Waals surface area contributed by atoms with Crippen molar-refractivity contribution in [3.8, 4) is 0 Å². The number of aromatic nitrogens is 3. The number of aryl methyl sites for hydroxylation is 1. The van der Waals surface area contributed by atoms with E-state index >= 15 is 0 Å². The van der Waals surface area contributed by atoms with E-state index in [0.29, 0.717) is 30.3 Å². The van der Waals surface area contributed by atoms with Crippen molar-refractivity contribution in [3.05, 3.63) is 70.5 Å². The van der Waals surface area contributed by atoms with Gasteiger partial charge < -0.3 is 15.5 Å². The first-order valence-corrected chi connectivity index (χ1v) is 9.68. The number of anilines is 2. The van der Waals surface area contributed by atoms with Gasteiger partial charge in [0.15, 0.2) is 5.82 Å². The Labute approximate surface area is 176 Å². The number of nitrogens with one attached hydrogen (secondary N) is 3. The van der Waals surface area contributed by atoms with Crippen LogP contribution >= 0.6 is 0 Å². The molecular weight excluding hydrogens is 406 g/mol. The van der Waals surface area contributed by atoms with Gasteiger partial charge in [0, 0.05) is 36.5 Å². The molecule has 3 heterocycles. The average molecular weight is 426 g/mol. The molecule has 31 heavy (non-hydrogen) atoms. The molecule has 0 spiro atoms. The zero-order valence-electron chi connectivity index (χ0n) is 16.7. The fraction of sp³-hybridized carbons (Fsp3) is 0.238. The zero-order chi connectivity index (χ0) is 22.0. The van der Waals surface area contributed by atoms with E-state index in [4.69, 9.17) is 0 Å². The van der Waals surface area contributed by atoms with Gasteiger partial charge in [-0.3, -0.25) is 14.7 Å². The fourth-order valence-electron chi connectivity index (χ4n) is 3.33. The highest BCUT2D eigenvalue weighted by atomic mass is 19.1. The summed E-state index contributed by atoms with van der Waals surface area (Å²) in [5.74, 6) is -1.86. The summed E-state index contributed by atoms with van der Waals surface area (Å²) in [7, 11) is 0. The van der Waals surface area contributed by atoms with Crippen molar-refractivity contribution in [2.45, 2.75) is 26.4 Å². The van der Waals surface area contributed by atoms with Gasteiger partial charge in [0.05, 0.1) is 12.2 Å². The van der Waals surface area contributed by atoms with E-state index < -0.39 is 23.4 Å². The van der Waals surface area contributed by atoms with Crippen LogP contribution in [0, 0.1) is 18.6 Å². The molecule has 1 aliphatic heterocycles. The Bertz CT molecular complexity index is 1150. The van der Waals surface area contributed by atoms with Crippen LogP contribution in [0.5, 0.6) is 0 Å². The minimum absolute atomic E-state index is 0.0949. The molecule has 2 aromatic heterocycles. The van der Waals surface area contributed by atoms with Gasteiger partial charge in [0.2, 0.25) is 0 Å². The number of nitrogens with zero attached hydrogens (tertiary/aromatic N) is 3. The maximum absolute atomic E-state index is 13.7. The molecule has 0 saturated heterocycles. The number of carbonyl (C=O) groups is 2. The first-order valence-electron chi connectivity index (χ1n) is 9.68. The summed E-state index contributed by atoms with van der Waals surface area (Å²) in [5, 5.41) is 12.4. The third kappa shape index (κ3) is 4.68. The maximum atomic E-state index is 13.7. The van der Waals surface area contributed by atoms with E-state index in [1.165, 1.54) is 11.0 Å². The summed E-state index contributed by atoms with van der Waals surface area (Å²) >= 11 is 0. The minimum Gasteiger partial charge on any atom is -0.344 e. The summed E-state index contributed by atoms with van der Waals surface area (Å²) in [6.07, 6.45) is 0.565. The van der Waals surface area contributed by atoms with Gasteiger partial charge in [-0.1, -0.05) is 12.1 Å². The number of hydrogen-bond acceptors (Lipinski definition) is 5. The van der Waals surface area contributed by atoms with Gasteiger partial charge in [0.1, 0.15) is 17.5 Å². The lowest BCUT2D eigenvalue weighted by molar-refractivity contribution is -0.146. The molecular formula is C21H20F2N6O2. The van der Waals surface area contributed by atoms with Crippen LogP contribution in [0.25, 0.3) is 0 Å². The molecule has 1 aromatic carbocycles. The number of rotatable bonds is 4. The Morgan fingerprint density at radius 3 is 2.74 bits per heavy atom. The molecule has 0 saturated carbocycles.